The van der Waals surface area contributed by atoms with Crippen molar-refractivity contribution in [2.75, 3.05) is 32.8 Å². The Morgan fingerprint density at radius 1 is 0.943 bits per heavy atom. The summed E-state index contributed by atoms with van der Waals surface area (Å²) in [5.41, 5.74) is 7.80. The fourth-order valence-electron chi connectivity index (χ4n) is 9.40. The van der Waals surface area contributed by atoms with E-state index in [1.807, 2.05) is 93.2 Å². The first-order valence-electron chi connectivity index (χ1n) is 23.7. The van der Waals surface area contributed by atoms with Crippen LogP contribution in [0, 0.1) is 33.1 Å². The van der Waals surface area contributed by atoms with E-state index in [9.17, 15) is 29.1 Å². The van der Waals surface area contributed by atoms with Crippen molar-refractivity contribution < 1.29 is 33.8 Å². The summed E-state index contributed by atoms with van der Waals surface area (Å²) in [5, 5.41) is 27.0. The second kappa shape index (κ2) is 21.4. The van der Waals surface area contributed by atoms with Crippen molar-refractivity contribution in [2.45, 2.75) is 117 Å². The van der Waals surface area contributed by atoms with Crippen molar-refractivity contribution in [3.05, 3.63) is 104 Å². The summed E-state index contributed by atoms with van der Waals surface area (Å²) in [5.74, 6) is -0.261. The third kappa shape index (κ3) is 11.3. The van der Waals surface area contributed by atoms with Crippen LogP contribution < -0.4 is 10.6 Å². The molecule has 5 aromatic rings. The van der Waals surface area contributed by atoms with Crippen molar-refractivity contribution in [1.82, 2.24) is 40.2 Å². The Labute approximate surface area is 420 Å². The summed E-state index contributed by atoms with van der Waals surface area (Å²) in [6, 6.07) is 12.8. The predicted octanol–water partition coefficient (Wildman–Crippen LogP) is 6.44. The number of aliphatic hydroxyl groups excluding tert-OH is 1. The van der Waals surface area contributed by atoms with Gasteiger partial charge in [0.2, 0.25) is 23.6 Å². The van der Waals surface area contributed by atoms with Crippen LogP contribution >= 0.6 is 34.3 Å². The van der Waals surface area contributed by atoms with Gasteiger partial charge >= 0.3 is 0 Å². The second-order valence-electron chi connectivity index (χ2n) is 19.5. The molecule has 0 spiro atoms. The molecule has 2 fully saturated rings. The molecule has 2 aromatic carbocycles. The molecule has 5 atom stereocenters. The number of carbonyl (C=O) groups excluding carboxylic acids is 5. The van der Waals surface area contributed by atoms with Gasteiger partial charge in [0.05, 0.1) is 53.4 Å². The molecule has 3 aromatic heterocycles. The molecule has 2 saturated heterocycles. The molecule has 16 nitrogen and oxygen atoms in total. The molecule has 0 radical (unpaired) electrons. The van der Waals surface area contributed by atoms with Crippen LogP contribution in [0.5, 0.6) is 0 Å². The Kier molecular flexibility index (Phi) is 15.5. The highest BCUT2D eigenvalue weighted by Crippen LogP contribution is 2.40. The van der Waals surface area contributed by atoms with Gasteiger partial charge < -0.3 is 30.3 Å². The van der Waals surface area contributed by atoms with Gasteiger partial charge in [-0.1, -0.05) is 68.8 Å². The number of nitrogens with one attached hydrogen (secondary N) is 2. The van der Waals surface area contributed by atoms with E-state index in [0.29, 0.717) is 42.6 Å². The lowest BCUT2D eigenvalue weighted by Gasteiger charge is -2.35. The van der Waals surface area contributed by atoms with Crippen molar-refractivity contribution in [1.29, 1.82) is 0 Å². The standard InChI is InChI=1S/C51H60ClN9O7S2/c1-28-30(3)70-50-44(28)45(33-13-15-35(52)16-14-33)55-38(48-58-57-31(4)61(48)50)23-41(64)54-36-18-20-59(24-36)43(66)19-21-68-26-42(65)56-47(51(5,6)7)49(67)60-25-37(62)22-39(60)40(63)17-10-32-8-11-34(12-9-32)46-29(2)53-27-69-46/h8-9,11-16,27,36-39,47,62H,10,17-26H2,1-7H3,(H,54,64)(H,56,65)/t36-,37+,38-,39-,47+/m0/s1. The highest BCUT2D eigenvalue weighted by molar-refractivity contribution is 7.15. The minimum atomic E-state index is -1.00. The van der Waals surface area contributed by atoms with E-state index in [2.05, 4.69) is 39.7 Å². The molecule has 0 aliphatic carbocycles. The largest absolute Gasteiger partial charge is 0.391 e. The normalized spacial score (nSPS) is 19.3. The quantitative estimate of drug-likeness (QED) is 0.0925. The van der Waals surface area contributed by atoms with Crippen LogP contribution in [0.3, 0.4) is 0 Å². The molecule has 370 valence electrons. The molecule has 6 heterocycles. The zero-order chi connectivity index (χ0) is 50.0. The number of halogens is 1. The number of carbonyl (C=O) groups is 5. The molecule has 70 heavy (non-hydrogen) atoms. The number of thiazole rings is 1. The highest BCUT2D eigenvalue weighted by Gasteiger charge is 2.44. The van der Waals surface area contributed by atoms with Gasteiger partial charge in [-0.2, -0.15) is 0 Å². The molecule has 3 aliphatic rings. The number of hydrogen-bond donors (Lipinski definition) is 3. The molecule has 8 rings (SSSR count). The Balaban J connectivity index is 0.804. The van der Waals surface area contributed by atoms with E-state index in [1.165, 1.54) is 4.90 Å². The summed E-state index contributed by atoms with van der Waals surface area (Å²) in [7, 11) is 0. The number of aliphatic imine (C=N–C) groups is 1. The number of thiophene rings is 1. The van der Waals surface area contributed by atoms with E-state index in [-0.39, 0.29) is 69.1 Å². The van der Waals surface area contributed by atoms with Crippen LogP contribution in [-0.2, 0) is 35.1 Å². The number of nitrogens with zero attached hydrogens (tertiary/aromatic N) is 7. The average molecular weight is 1010 g/mol. The lowest BCUT2D eigenvalue weighted by molar-refractivity contribution is -0.144. The smallest absolute Gasteiger partial charge is 0.246 e. The van der Waals surface area contributed by atoms with Crippen LogP contribution in [0.15, 0.2) is 59.0 Å². The predicted molar refractivity (Wildman–Crippen MR) is 270 cm³/mol. The number of ether oxygens (including phenoxy) is 1. The number of rotatable bonds is 16. The number of aromatic nitrogens is 4. The van der Waals surface area contributed by atoms with Crippen molar-refractivity contribution in [3.63, 3.8) is 0 Å². The number of β-amino-alcohol motifs (C(OH)–C–C–N with tert-alkyl or cyclic N) is 1. The second-order valence-corrected chi connectivity index (χ2v) is 22.0. The molecule has 3 N–H and O–H groups in total. The summed E-state index contributed by atoms with van der Waals surface area (Å²) in [6.07, 6.45) is 0.544. The number of aryl methyl sites for hydroxylation is 4. The minimum Gasteiger partial charge on any atom is -0.391 e. The zero-order valence-electron chi connectivity index (χ0n) is 40.6. The van der Waals surface area contributed by atoms with Gasteiger partial charge in [0.15, 0.2) is 11.6 Å². The Bertz CT molecular complexity index is 2800. The summed E-state index contributed by atoms with van der Waals surface area (Å²) in [4.78, 5) is 82.8. The van der Waals surface area contributed by atoms with E-state index in [1.54, 1.807) is 27.6 Å². The van der Waals surface area contributed by atoms with Gasteiger partial charge in [-0.3, -0.25) is 33.5 Å². The number of Topliss-reactive ketones (excluding diaryl/α,β-unsaturated/α-hetero) is 1. The monoisotopic (exact) mass is 1010 g/mol. The van der Waals surface area contributed by atoms with E-state index < -0.39 is 41.5 Å². The Hall–Kier alpha value is -5.66. The van der Waals surface area contributed by atoms with E-state index in [0.717, 1.165) is 54.0 Å². The molecule has 4 amide bonds. The van der Waals surface area contributed by atoms with Crippen LogP contribution in [0.4, 0.5) is 0 Å². The van der Waals surface area contributed by atoms with Crippen LogP contribution in [-0.4, -0.2) is 127 Å². The Morgan fingerprint density at radius 2 is 1.67 bits per heavy atom. The van der Waals surface area contributed by atoms with Gasteiger partial charge in [-0.25, -0.2) is 4.98 Å². The molecular formula is C51H60ClN9O7S2. The lowest BCUT2D eigenvalue weighted by Crippen LogP contribution is -2.57. The van der Waals surface area contributed by atoms with Gasteiger partial charge in [0, 0.05) is 59.5 Å². The number of fused-ring (bicyclic) bond motifs is 3. The first kappa shape index (κ1) is 50.7. The average Bonchev–Trinajstić information content (AvgIpc) is 4.17. The first-order valence-corrected chi connectivity index (χ1v) is 25.7. The first-order chi connectivity index (χ1) is 33.4. The highest BCUT2D eigenvalue weighted by atomic mass is 35.5. The SMILES string of the molecule is Cc1ncsc1-c1ccc(CCC(=O)[C@@H]2C[C@@H](O)CN2C(=O)[C@@H](NC(=O)COCCC(=O)N2CC[C@H](NC(=O)C[C@@H]3N=C(c4ccc(Cl)cc4)c4c(sc(C)c4C)-n4c(C)nnc43)C2)C(C)(C)C)cc1. The maximum absolute atomic E-state index is 14.1. The molecule has 19 heteroatoms. The summed E-state index contributed by atoms with van der Waals surface area (Å²) >= 11 is 9.48. The summed E-state index contributed by atoms with van der Waals surface area (Å²) in [6.45, 7) is 13.8. The third-order valence-electron chi connectivity index (χ3n) is 13.3. The molecule has 0 unspecified atom stereocenters. The maximum Gasteiger partial charge on any atom is 0.246 e. The summed E-state index contributed by atoms with van der Waals surface area (Å²) < 4.78 is 7.64. The van der Waals surface area contributed by atoms with Crippen molar-refractivity contribution in [2.24, 2.45) is 10.4 Å². The van der Waals surface area contributed by atoms with Gasteiger partial charge in [-0.15, -0.1) is 32.9 Å². The number of likely N-dealkylation sites (tertiary alicyclic amines) is 2. The number of aliphatic hydroxyl groups is 1. The number of benzene rings is 2. The van der Waals surface area contributed by atoms with Gasteiger partial charge in [0.1, 0.15) is 29.5 Å². The lowest BCUT2D eigenvalue weighted by atomic mass is 9.85. The van der Waals surface area contributed by atoms with Crippen LogP contribution in [0.2, 0.25) is 5.02 Å². The van der Waals surface area contributed by atoms with Crippen LogP contribution in [0.1, 0.15) is 103 Å². The van der Waals surface area contributed by atoms with Gasteiger partial charge in [-0.05, 0) is 74.8 Å². The molecule has 0 saturated carbocycles. The van der Waals surface area contributed by atoms with Crippen molar-refractivity contribution in [3.8, 4) is 15.4 Å². The topological polar surface area (TPSA) is 201 Å². The van der Waals surface area contributed by atoms with E-state index in [4.69, 9.17) is 21.3 Å². The maximum atomic E-state index is 14.1. The van der Waals surface area contributed by atoms with Crippen molar-refractivity contribution >= 4 is 69.4 Å². The fourth-order valence-corrected chi connectivity index (χ4v) is 11.5. The number of hydrogen-bond acceptors (Lipinski definition) is 13. The molecular weight excluding hydrogens is 950 g/mol. The van der Waals surface area contributed by atoms with Crippen LogP contribution in [0.25, 0.3) is 15.4 Å². The van der Waals surface area contributed by atoms with Gasteiger partial charge in [0.25, 0.3) is 0 Å². The minimum absolute atomic E-state index is 0.0129. The number of ketones is 1. The third-order valence-corrected chi connectivity index (χ3v) is 15.7. The Morgan fingerprint density at radius 3 is 2.37 bits per heavy atom. The molecule has 3 aliphatic heterocycles. The van der Waals surface area contributed by atoms with E-state index >= 15 is 0 Å². The number of amides is 4. The zero-order valence-corrected chi connectivity index (χ0v) is 43.0. The molecule has 0 bridgehead atoms. The fraction of sp³-hybridized carbons (Fsp3) is 0.471.